The molecule has 3 heteroatoms. The van der Waals surface area contributed by atoms with Crippen molar-refractivity contribution in [1.82, 2.24) is 0 Å². The van der Waals surface area contributed by atoms with E-state index in [9.17, 15) is 0 Å². The van der Waals surface area contributed by atoms with Gasteiger partial charge in [0.2, 0.25) is 0 Å². The van der Waals surface area contributed by atoms with E-state index in [1.807, 2.05) is 0 Å². The number of halogens is 2. The van der Waals surface area contributed by atoms with E-state index in [-0.39, 0.29) is 41.9 Å². The van der Waals surface area contributed by atoms with E-state index in [1.165, 1.54) is 25.7 Å². The summed E-state index contributed by atoms with van der Waals surface area (Å²) < 4.78 is 0. The summed E-state index contributed by atoms with van der Waals surface area (Å²) in [4.78, 5) is 0. The van der Waals surface area contributed by atoms with E-state index in [4.69, 9.17) is 0 Å². The van der Waals surface area contributed by atoms with E-state index < -0.39 is 0 Å². The van der Waals surface area contributed by atoms with Crippen LogP contribution in [0.25, 0.3) is 0 Å². The van der Waals surface area contributed by atoms with Crippen LogP contribution in [0.1, 0.15) is 39.5 Å². The summed E-state index contributed by atoms with van der Waals surface area (Å²) in [6.45, 7) is 4.59. The monoisotopic (exact) mass is 250 g/mol. The van der Waals surface area contributed by atoms with Gasteiger partial charge in [0.1, 0.15) is 0 Å². The van der Waals surface area contributed by atoms with Gasteiger partial charge in [-0.15, -0.1) is 24.8 Å². The summed E-state index contributed by atoms with van der Waals surface area (Å²) in [5.41, 5.74) is 0. The van der Waals surface area contributed by atoms with E-state index in [0.717, 1.165) is 0 Å². The summed E-state index contributed by atoms with van der Waals surface area (Å²) >= 11 is 0.0146. The van der Waals surface area contributed by atoms with E-state index in [2.05, 4.69) is 13.8 Å². The molecular formula is C8H20Cl2Zn. The Morgan fingerprint density at radius 2 is 1.18 bits per heavy atom. The van der Waals surface area contributed by atoms with Crippen LogP contribution in [0.15, 0.2) is 0 Å². The fourth-order valence-corrected chi connectivity index (χ4v) is 5.35. The topological polar surface area (TPSA) is 0 Å². The van der Waals surface area contributed by atoms with Crippen molar-refractivity contribution in [2.24, 2.45) is 0 Å². The molecule has 0 aliphatic rings. The fourth-order valence-electron chi connectivity index (χ4n) is 1.03. The third kappa shape index (κ3) is 18.3. The van der Waals surface area contributed by atoms with Gasteiger partial charge < -0.3 is 0 Å². The first-order valence-electron chi connectivity index (χ1n) is 4.41. The maximum absolute atomic E-state index is 2.29. The van der Waals surface area contributed by atoms with Gasteiger partial charge in [-0.25, -0.2) is 0 Å². The zero-order valence-electron chi connectivity index (χ0n) is 7.77. The molecular weight excluding hydrogens is 232 g/mol. The van der Waals surface area contributed by atoms with Crippen LogP contribution in [-0.4, -0.2) is 0 Å². The Morgan fingerprint density at radius 1 is 0.818 bits per heavy atom. The van der Waals surface area contributed by atoms with Gasteiger partial charge in [-0.3, -0.25) is 0 Å². The standard InChI is InChI=1S/2C4H9.2ClH.Zn/c2*1-3-4-2;;;/h2*1,3-4H2,2H3;2*1H;. The summed E-state index contributed by atoms with van der Waals surface area (Å²) in [5.74, 6) is 0. The molecule has 0 unspecified atom stereocenters. The number of rotatable bonds is 6. The van der Waals surface area contributed by atoms with E-state index in [1.54, 1.807) is 10.0 Å². The van der Waals surface area contributed by atoms with Crippen molar-refractivity contribution >= 4 is 24.8 Å². The molecule has 0 bridgehead atoms. The van der Waals surface area contributed by atoms with Gasteiger partial charge in [0.15, 0.2) is 0 Å². The minimum absolute atomic E-state index is 0. The van der Waals surface area contributed by atoms with Crippen molar-refractivity contribution < 1.29 is 17.1 Å². The Balaban J connectivity index is -0.000000320. The number of hydrogen-bond donors (Lipinski definition) is 0. The van der Waals surface area contributed by atoms with Crippen LogP contribution in [0.3, 0.4) is 0 Å². The molecule has 0 saturated carbocycles. The second-order valence-electron chi connectivity index (χ2n) is 2.77. The Morgan fingerprint density at radius 3 is 1.45 bits per heavy atom. The summed E-state index contributed by atoms with van der Waals surface area (Å²) in [7, 11) is 0. The predicted molar refractivity (Wildman–Crippen MR) is 53.9 cm³/mol. The molecule has 0 atom stereocenters. The minimum Gasteiger partial charge on any atom is -0.147 e. The van der Waals surface area contributed by atoms with Crippen molar-refractivity contribution in [2.45, 2.75) is 49.6 Å². The SMILES string of the molecule is CCC[CH2][Zn][CH2]CCC.Cl.Cl. The molecule has 0 nitrogen and oxygen atoms in total. The van der Waals surface area contributed by atoms with E-state index in [0.29, 0.717) is 0 Å². The molecule has 0 amide bonds. The molecule has 0 spiro atoms. The Bertz CT molecular complexity index is 45.4. The molecule has 11 heavy (non-hydrogen) atoms. The predicted octanol–water partition coefficient (Wildman–Crippen LogP) is 4.35. The second kappa shape index (κ2) is 17.3. The van der Waals surface area contributed by atoms with Gasteiger partial charge in [-0.05, 0) is 0 Å². The minimum atomic E-state index is 0. The van der Waals surface area contributed by atoms with Crippen LogP contribution in [0.4, 0.5) is 0 Å². The van der Waals surface area contributed by atoms with E-state index >= 15 is 0 Å². The van der Waals surface area contributed by atoms with Crippen LogP contribution in [0.5, 0.6) is 0 Å². The molecule has 0 aromatic heterocycles. The van der Waals surface area contributed by atoms with Gasteiger partial charge in [0.05, 0.1) is 0 Å². The Kier molecular flexibility index (Phi) is 28.5. The summed E-state index contributed by atoms with van der Waals surface area (Å²) in [6, 6.07) is 0. The smallest absolute Gasteiger partial charge is 0.147 e. The van der Waals surface area contributed by atoms with Gasteiger partial charge >= 0.3 is 66.7 Å². The average molecular weight is 253 g/mol. The zero-order chi connectivity index (χ0) is 6.95. The third-order valence-corrected chi connectivity index (χ3v) is 5.90. The van der Waals surface area contributed by atoms with Crippen LogP contribution in [0, 0.1) is 0 Å². The first-order valence-corrected chi connectivity index (χ1v) is 8.61. The largest absolute Gasteiger partial charge is 0.147 e. The maximum Gasteiger partial charge on any atom is -0.147 e. The molecule has 68 valence electrons. The molecule has 0 heterocycles. The van der Waals surface area contributed by atoms with Crippen molar-refractivity contribution in [3.8, 4) is 0 Å². The van der Waals surface area contributed by atoms with Crippen molar-refractivity contribution in [3.05, 3.63) is 0 Å². The van der Waals surface area contributed by atoms with Crippen LogP contribution >= 0.6 is 24.8 Å². The zero-order valence-corrected chi connectivity index (χ0v) is 12.4. The summed E-state index contributed by atoms with van der Waals surface area (Å²) in [6.07, 6.45) is 5.86. The Hall–Kier alpha value is 1.20. The molecule has 0 fully saturated rings. The fraction of sp³-hybridized carbons (Fsp3) is 1.00. The average Bonchev–Trinajstić information content (AvgIpc) is 1.89. The molecule has 0 rings (SSSR count). The Labute approximate surface area is 91.3 Å². The quantitative estimate of drug-likeness (QED) is 0.487. The van der Waals surface area contributed by atoms with Crippen LogP contribution in [-0.2, 0) is 17.1 Å². The van der Waals surface area contributed by atoms with Gasteiger partial charge in [0, 0.05) is 0 Å². The number of unbranched alkanes of at least 4 members (excludes halogenated alkanes) is 2. The molecule has 0 aromatic carbocycles. The van der Waals surface area contributed by atoms with Gasteiger partial charge in [0.25, 0.3) is 0 Å². The summed E-state index contributed by atoms with van der Waals surface area (Å²) in [5, 5.41) is 3.28. The molecule has 0 N–H and O–H groups in total. The maximum atomic E-state index is 2.29. The molecule has 0 aliphatic heterocycles. The van der Waals surface area contributed by atoms with Crippen molar-refractivity contribution in [3.63, 3.8) is 0 Å². The third-order valence-electron chi connectivity index (χ3n) is 1.71. The normalized spacial score (nSPS) is 7.45. The molecule has 0 radical (unpaired) electrons. The molecule has 0 saturated heterocycles. The van der Waals surface area contributed by atoms with Gasteiger partial charge in [-0.2, -0.15) is 0 Å². The number of hydrogen-bond acceptors (Lipinski definition) is 0. The molecule has 0 aromatic rings. The van der Waals surface area contributed by atoms with Crippen molar-refractivity contribution in [2.75, 3.05) is 0 Å². The molecule has 0 aliphatic carbocycles. The first kappa shape index (κ1) is 18.1. The van der Waals surface area contributed by atoms with Crippen molar-refractivity contribution in [1.29, 1.82) is 0 Å². The van der Waals surface area contributed by atoms with Crippen LogP contribution in [0.2, 0.25) is 10.0 Å². The first-order chi connectivity index (χ1) is 4.41. The van der Waals surface area contributed by atoms with Gasteiger partial charge in [-0.1, -0.05) is 0 Å². The van der Waals surface area contributed by atoms with Crippen LogP contribution < -0.4 is 0 Å². The second-order valence-corrected chi connectivity index (χ2v) is 7.22.